The van der Waals surface area contributed by atoms with Crippen LogP contribution in [0, 0.1) is 13.8 Å². The van der Waals surface area contributed by atoms with Gasteiger partial charge in [0.1, 0.15) is 11.3 Å². The van der Waals surface area contributed by atoms with Crippen molar-refractivity contribution in [1.82, 2.24) is 29.3 Å². The van der Waals surface area contributed by atoms with Crippen molar-refractivity contribution >= 4 is 34.0 Å². The number of fused-ring (bicyclic) bond motifs is 3. The van der Waals surface area contributed by atoms with Crippen molar-refractivity contribution in [2.75, 3.05) is 31.2 Å². The molecule has 0 spiro atoms. The average molecular weight is 492 g/mol. The highest BCUT2D eigenvalue weighted by Crippen LogP contribution is 2.28. The van der Waals surface area contributed by atoms with E-state index in [0.717, 1.165) is 24.3 Å². The van der Waals surface area contributed by atoms with Crippen LogP contribution in [0.1, 0.15) is 17.0 Å². The molecule has 5 aromatic rings. The molecule has 35 heavy (non-hydrogen) atoms. The minimum atomic E-state index is -0.275. The highest BCUT2D eigenvalue weighted by Gasteiger charge is 2.24. The molecule has 1 saturated heterocycles. The van der Waals surface area contributed by atoms with Crippen molar-refractivity contribution in [2.45, 2.75) is 20.4 Å². The molecule has 4 aromatic heterocycles. The second kappa shape index (κ2) is 8.47. The lowest BCUT2D eigenvalue weighted by atomic mass is 10.2. The zero-order valence-corrected chi connectivity index (χ0v) is 20.0. The third-order valence-electron chi connectivity index (χ3n) is 6.33. The molecule has 0 aliphatic carbocycles. The molecular formula is C24H22ClN7O3. The van der Waals surface area contributed by atoms with Crippen molar-refractivity contribution in [1.29, 1.82) is 0 Å². The van der Waals surface area contributed by atoms with Crippen LogP contribution < -0.4 is 10.6 Å². The monoisotopic (exact) mass is 491 g/mol. The van der Waals surface area contributed by atoms with Gasteiger partial charge in [-0.3, -0.25) is 4.57 Å². The Hall–Kier alpha value is -3.76. The van der Waals surface area contributed by atoms with Crippen molar-refractivity contribution < 1.29 is 9.26 Å². The summed E-state index contributed by atoms with van der Waals surface area (Å²) in [4.78, 5) is 21.0. The predicted molar refractivity (Wildman–Crippen MR) is 131 cm³/mol. The first-order chi connectivity index (χ1) is 17.0. The Kier molecular flexibility index (Phi) is 5.27. The van der Waals surface area contributed by atoms with Crippen molar-refractivity contribution in [3.63, 3.8) is 0 Å². The maximum Gasteiger partial charge on any atom is 0.336 e. The van der Waals surface area contributed by atoms with Gasteiger partial charge in [0.15, 0.2) is 11.5 Å². The molecule has 0 saturated carbocycles. The Morgan fingerprint density at radius 2 is 1.86 bits per heavy atom. The molecule has 0 amide bonds. The van der Waals surface area contributed by atoms with Gasteiger partial charge in [0.05, 0.1) is 48.4 Å². The number of ether oxygens (including phenoxy) is 1. The summed E-state index contributed by atoms with van der Waals surface area (Å²) >= 11 is 6.09. The zero-order chi connectivity index (χ0) is 24.1. The summed E-state index contributed by atoms with van der Waals surface area (Å²) in [5.74, 6) is 0.947. The lowest BCUT2D eigenvalue weighted by Gasteiger charge is -2.28. The average Bonchev–Trinajstić information content (AvgIpc) is 3.45. The van der Waals surface area contributed by atoms with E-state index in [1.54, 1.807) is 11.5 Å². The number of pyridine rings is 1. The summed E-state index contributed by atoms with van der Waals surface area (Å²) in [6.07, 6.45) is 1.81. The van der Waals surface area contributed by atoms with E-state index >= 15 is 0 Å². The van der Waals surface area contributed by atoms with E-state index in [9.17, 15) is 4.79 Å². The maximum atomic E-state index is 14.0. The highest BCUT2D eigenvalue weighted by atomic mass is 35.5. The summed E-state index contributed by atoms with van der Waals surface area (Å²) in [5.41, 5.74) is 4.53. The SMILES string of the molecule is Cc1noc(C)c1-c1nnc2c3ncc(N4CCOCC4)cc3n(Cc3ccc(Cl)cc3)c(=O)n12. The minimum Gasteiger partial charge on any atom is -0.378 e. The van der Waals surface area contributed by atoms with E-state index in [4.69, 9.17) is 25.8 Å². The number of rotatable bonds is 4. The van der Waals surface area contributed by atoms with Gasteiger partial charge in [-0.1, -0.05) is 28.9 Å². The number of aromatic nitrogens is 6. The lowest BCUT2D eigenvalue weighted by Crippen LogP contribution is -2.36. The first-order valence-electron chi connectivity index (χ1n) is 11.3. The van der Waals surface area contributed by atoms with Gasteiger partial charge in [0.25, 0.3) is 0 Å². The van der Waals surface area contributed by atoms with E-state index in [0.29, 0.717) is 64.3 Å². The minimum absolute atomic E-state index is 0.275. The fraction of sp³-hybridized carbons (Fsp3) is 0.292. The molecule has 0 bridgehead atoms. The molecule has 1 aromatic carbocycles. The molecule has 0 N–H and O–H groups in total. The van der Waals surface area contributed by atoms with Gasteiger partial charge in [0, 0.05) is 18.1 Å². The van der Waals surface area contributed by atoms with Crippen LogP contribution in [0.4, 0.5) is 5.69 Å². The number of halogens is 1. The van der Waals surface area contributed by atoms with Crippen molar-refractivity contribution in [3.8, 4) is 11.4 Å². The number of anilines is 1. The second-order valence-electron chi connectivity index (χ2n) is 8.54. The molecule has 1 aliphatic rings. The molecular weight excluding hydrogens is 470 g/mol. The van der Waals surface area contributed by atoms with E-state index in [1.165, 1.54) is 4.40 Å². The molecule has 0 unspecified atom stereocenters. The number of nitrogens with zero attached hydrogens (tertiary/aromatic N) is 7. The molecule has 5 heterocycles. The first kappa shape index (κ1) is 21.8. The number of hydrogen-bond donors (Lipinski definition) is 0. The van der Waals surface area contributed by atoms with Gasteiger partial charge >= 0.3 is 5.69 Å². The standard InChI is InChI=1S/C24H22ClN7O3/c1-14-20(15(2)35-29-14)22-27-28-23-21-19(11-18(12-26-21)30-7-9-34-10-8-30)31(24(33)32(22)23)13-16-3-5-17(25)6-4-16/h3-6,11-12H,7-10,13H2,1-2H3. The third kappa shape index (κ3) is 3.65. The Bertz CT molecular complexity index is 1600. The van der Waals surface area contributed by atoms with Crippen molar-refractivity contribution in [2.24, 2.45) is 0 Å². The van der Waals surface area contributed by atoms with Crippen LogP contribution >= 0.6 is 11.6 Å². The fourth-order valence-electron chi connectivity index (χ4n) is 4.55. The van der Waals surface area contributed by atoms with Crippen LogP contribution in [0.2, 0.25) is 5.02 Å². The number of aryl methyl sites for hydroxylation is 2. The number of hydrogen-bond acceptors (Lipinski definition) is 8. The smallest absolute Gasteiger partial charge is 0.336 e. The zero-order valence-electron chi connectivity index (χ0n) is 19.2. The van der Waals surface area contributed by atoms with Gasteiger partial charge in [-0.15, -0.1) is 10.2 Å². The second-order valence-corrected chi connectivity index (χ2v) is 8.97. The quantitative estimate of drug-likeness (QED) is 0.377. The van der Waals surface area contributed by atoms with E-state index in [2.05, 4.69) is 20.3 Å². The molecule has 178 valence electrons. The van der Waals surface area contributed by atoms with Gasteiger partial charge in [-0.25, -0.2) is 14.2 Å². The van der Waals surface area contributed by atoms with Gasteiger partial charge in [0.2, 0.25) is 0 Å². The summed E-state index contributed by atoms with van der Waals surface area (Å²) in [7, 11) is 0. The highest BCUT2D eigenvalue weighted by molar-refractivity contribution is 6.30. The molecule has 1 aliphatic heterocycles. The number of benzene rings is 1. The van der Waals surface area contributed by atoms with Crippen LogP contribution in [-0.2, 0) is 11.3 Å². The van der Waals surface area contributed by atoms with Gasteiger partial charge in [-0.05, 0) is 37.6 Å². The predicted octanol–water partition coefficient (Wildman–Crippen LogP) is 3.25. The molecule has 6 rings (SSSR count). The van der Waals surface area contributed by atoms with Crippen LogP contribution in [0.25, 0.3) is 28.1 Å². The molecule has 10 nitrogen and oxygen atoms in total. The van der Waals surface area contributed by atoms with Gasteiger partial charge in [-0.2, -0.15) is 0 Å². The molecule has 1 fully saturated rings. The lowest BCUT2D eigenvalue weighted by molar-refractivity contribution is 0.122. The van der Waals surface area contributed by atoms with Crippen molar-refractivity contribution in [3.05, 3.63) is 69.1 Å². The maximum absolute atomic E-state index is 14.0. The summed E-state index contributed by atoms with van der Waals surface area (Å²) in [6.45, 7) is 6.76. The van der Waals surface area contributed by atoms with Crippen LogP contribution in [-0.4, -0.2) is 55.6 Å². The van der Waals surface area contributed by atoms with Gasteiger partial charge < -0.3 is 14.2 Å². The first-order valence-corrected chi connectivity index (χ1v) is 11.7. The Labute approximate surface area is 204 Å². The summed E-state index contributed by atoms with van der Waals surface area (Å²) < 4.78 is 14.0. The van der Waals surface area contributed by atoms with Crippen LogP contribution in [0.3, 0.4) is 0 Å². The van der Waals surface area contributed by atoms with E-state index in [-0.39, 0.29) is 5.69 Å². The fourth-order valence-corrected chi connectivity index (χ4v) is 4.67. The van der Waals surface area contributed by atoms with Crippen LogP contribution in [0.5, 0.6) is 0 Å². The largest absolute Gasteiger partial charge is 0.378 e. The normalized spacial score (nSPS) is 14.3. The topological polar surface area (TPSA) is 104 Å². The Morgan fingerprint density at radius 3 is 2.57 bits per heavy atom. The molecule has 11 heteroatoms. The van der Waals surface area contributed by atoms with Crippen LogP contribution in [0.15, 0.2) is 45.8 Å². The molecule has 0 atom stereocenters. The third-order valence-corrected chi connectivity index (χ3v) is 6.58. The van der Waals surface area contributed by atoms with E-state index in [1.807, 2.05) is 43.5 Å². The van der Waals surface area contributed by atoms with E-state index < -0.39 is 0 Å². The summed E-state index contributed by atoms with van der Waals surface area (Å²) in [5, 5.41) is 13.4. The Morgan fingerprint density at radius 1 is 1.09 bits per heavy atom. The molecule has 0 radical (unpaired) electrons. The Balaban J connectivity index is 1.62. The number of morpholine rings is 1. The summed E-state index contributed by atoms with van der Waals surface area (Å²) in [6, 6.07) is 9.44.